The number of likely N-dealkylation sites (tertiary alicyclic amines) is 1. The molecule has 0 N–H and O–H groups in total. The van der Waals surface area contributed by atoms with Crippen molar-refractivity contribution in [3.63, 3.8) is 0 Å². The van der Waals surface area contributed by atoms with Crippen LogP contribution in [0.15, 0.2) is 24.3 Å². The Morgan fingerprint density at radius 2 is 2.18 bits per heavy atom. The van der Waals surface area contributed by atoms with Crippen LogP contribution in [0.4, 0.5) is 0 Å². The van der Waals surface area contributed by atoms with E-state index in [1.807, 2.05) is 24.3 Å². The molecule has 1 aromatic carbocycles. The summed E-state index contributed by atoms with van der Waals surface area (Å²) in [6.07, 6.45) is 2.51. The molecular formula is C13H14N2S2. The third-order valence-corrected chi connectivity index (χ3v) is 4.38. The highest BCUT2D eigenvalue weighted by molar-refractivity contribution is 8.22. The van der Waals surface area contributed by atoms with Crippen LogP contribution in [0.2, 0.25) is 0 Å². The smallest absolute Gasteiger partial charge is 0.136 e. The molecule has 1 aliphatic heterocycles. The van der Waals surface area contributed by atoms with E-state index in [0.717, 1.165) is 34.3 Å². The van der Waals surface area contributed by atoms with Gasteiger partial charge < -0.3 is 4.90 Å². The Hall–Kier alpha value is -1.05. The van der Waals surface area contributed by atoms with Gasteiger partial charge in [0.25, 0.3) is 0 Å². The van der Waals surface area contributed by atoms with Gasteiger partial charge in [-0.15, -0.1) is 0 Å². The van der Waals surface area contributed by atoms with Gasteiger partial charge in [-0.1, -0.05) is 36.1 Å². The average Bonchev–Trinajstić information content (AvgIpc) is 2.90. The van der Waals surface area contributed by atoms with Gasteiger partial charge in [0.15, 0.2) is 0 Å². The molecule has 2 rings (SSSR count). The molecule has 0 amide bonds. The predicted octanol–water partition coefficient (Wildman–Crippen LogP) is 3.17. The van der Waals surface area contributed by atoms with Crippen molar-refractivity contribution < 1.29 is 0 Å². The number of nitriles is 1. The highest BCUT2D eigenvalue weighted by Crippen LogP contribution is 2.20. The molecule has 17 heavy (non-hydrogen) atoms. The van der Waals surface area contributed by atoms with Crippen molar-refractivity contribution in [2.75, 3.05) is 13.1 Å². The number of rotatable bonds is 2. The van der Waals surface area contributed by atoms with E-state index in [2.05, 4.69) is 11.0 Å². The minimum absolute atomic E-state index is 0.718. The van der Waals surface area contributed by atoms with Crippen LogP contribution in [-0.4, -0.2) is 22.3 Å². The zero-order valence-electron chi connectivity index (χ0n) is 9.56. The Bertz CT molecular complexity index is 445. The number of benzene rings is 1. The molecule has 0 aliphatic carbocycles. The number of thiocarbonyl (C=S) groups is 1. The summed E-state index contributed by atoms with van der Waals surface area (Å²) in [7, 11) is 0. The fourth-order valence-corrected chi connectivity index (χ4v) is 3.06. The number of hydrogen-bond acceptors (Lipinski definition) is 3. The predicted molar refractivity (Wildman–Crippen MR) is 75.9 cm³/mol. The maximum atomic E-state index is 8.82. The molecular weight excluding hydrogens is 248 g/mol. The van der Waals surface area contributed by atoms with Crippen LogP contribution in [-0.2, 0) is 5.75 Å². The van der Waals surface area contributed by atoms with E-state index in [9.17, 15) is 0 Å². The molecule has 0 atom stereocenters. The molecule has 0 spiro atoms. The average molecular weight is 262 g/mol. The molecule has 0 aromatic heterocycles. The molecule has 1 aromatic rings. The second-order valence-electron chi connectivity index (χ2n) is 4.06. The van der Waals surface area contributed by atoms with Crippen molar-refractivity contribution in [3.05, 3.63) is 35.4 Å². The first kappa shape index (κ1) is 12.4. The summed E-state index contributed by atoms with van der Waals surface area (Å²) >= 11 is 7.09. The largest absolute Gasteiger partial charge is 0.358 e. The Balaban J connectivity index is 1.88. The van der Waals surface area contributed by atoms with E-state index in [1.54, 1.807) is 11.8 Å². The Morgan fingerprint density at radius 3 is 2.88 bits per heavy atom. The quantitative estimate of drug-likeness (QED) is 0.765. The van der Waals surface area contributed by atoms with E-state index in [4.69, 9.17) is 17.5 Å². The second kappa shape index (κ2) is 6.04. The van der Waals surface area contributed by atoms with E-state index in [-0.39, 0.29) is 0 Å². The van der Waals surface area contributed by atoms with E-state index in [0.29, 0.717) is 0 Å². The van der Waals surface area contributed by atoms with Gasteiger partial charge in [0.05, 0.1) is 11.6 Å². The highest BCUT2D eigenvalue weighted by Gasteiger charge is 2.14. The van der Waals surface area contributed by atoms with Crippen molar-refractivity contribution >= 4 is 28.3 Å². The van der Waals surface area contributed by atoms with Crippen molar-refractivity contribution in [3.8, 4) is 6.07 Å². The summed E-state index contributed by atoms with van der Waals surface area (Å²) in [6.45, 7) is 2.20. The van der Waals surface area contributed by atoms with Crippen LogP contribution in [0.3, 0.4) is 0 Å². The Labute approximate surface area is 112 Å². The lowest BCUT2D eigenvalue weighted by Crippen LogP contribution is -2.23. The lowest BCUT2D eigenvalue weighted by Gasteiger charge is -2.17. The monoisotopic (exact) mass is 262 g/mol. The minimum Gasteiger partial charge on any atom is -0.358 e. The minimum atomic E-state index is 0.718. The van der Waals surface area contributed by atoms with Crippen LogP contribution in [0.5, 0.6) is 0 Å². The van der Waals surface area contributed by atoms with Gasteiger partial charge in [-0.3, -0.25) is 0 Å². The van der Waals surface area contributed by atoms with E-state index >= 15 is 0 Å². The molecule has 2 nitrogen and oxygen atoms in total. The van der Waals surface area contributed by atoms with Gasteiger partial charge in [0.2, 0.25) is 0 Å². The van der Waals surface area contributed by atoms with Crippen molar-refractivity contribution in [1.82, 2.24) is 4.90 Å². The van der Waals surface area contributed by atoms with Gasteiger partial charge >= 0.3 is 0 Å². The summed E-state index contributed by atoms with van der Waals surface area (Å²) in [4.78, 5) is 2.27. The van der Waals surface area contributed by atoms with Crippen LogP contribution < -0.4 is 0 Å². The maximum absolute atomic E-state index is 8.82. The second-order valence-corrected chi connectivity index (χ2v) is 5.67. The first-order valence-corrected chi connectivity index (χ1v) is 7.10. The van der Waals surface area contributed by atoms with Gasteiger partial charge in [-0.2, -0.15) is 5.26 Å². The zero-order valence-corrected chi connectivity index (χ0v) is 11.2. The SMILES string of the molecule is N#Cc1cccc(CSC(=S)N2CCCC2)c1. The van der Waals surface area contributed by atoms with E-state index < -0.39 is 0 Å². The van der Waals surface area contributed by atoms with Gasteiger partial charge in [-0.05, 0) is 30.5 Å². The van der Waals surface area contributed by atoms with Gasteiger partial charge in [0, 0.05) is 18.8 Å². The summed E-state index contributed by atoms with van der Waals surface area (Å²) in [5, 5.41) is 8.82. The third-order valence-electron chi connectivity index (χ3n) is 2.78. The summed E-state index contributed by atoms with van der Waals surface area (Å²) in [5.41, 5.74) is 1.88. The molecule has 1 aliphatic rings. The number of hydrogen-bond donors (Lipinski definition) is 0. The number of thioether (sulfide) groups is 1. The van der Waals surface area contributed by atoms with Crippen LogP contribution in [0.1, 0.15) is 24.0 Å². The lowest BCUT2D eigenvalue weighted by molar-refractivity contribution is 0.539. The third kappa shape index (κ3) is 3.45. The topological polar surface area (TPSA) is 27.0 Å². The van der Waals surface area contributed by atoms with Crippen molar-refractivity contribution in [2.45, 2.75) is 18.6 Å². The number of nitrogens with zero attached hydrogens (tertiary/aromatic N) is 2. The molecule has 0 radical (unpaired) electrons. The molecule has 0 saturated carbocycles. The normalized spacial score (nSPS) is 14.6. The van der Waals surface area contributed by atoms with E-state index in [1.165, 1.54) is 12.8 Å². The van der Waals surface area contributed by atoms with Crippen LogP contribution >= 0.6 is 24.0 Å². The Morgan fingerprint density at radius 1 is 1.41 bits per heavy atom. The standard InChI is InChI=1S/C13H14N2S2/c14-9-11-4-3-5-12(8-11)10-17-13(16)15-6-1-2-7-15/h3-5,8H,1-2,6-7,10H2. The summed E-state index contributed by atoms with van der Waals surface area (Å²) < 4.78 is 0.991. The van der Waals surface area contributed by atoms with Crippen LogP contribution in [0, 0.1) is 11.3 Å². The maximum Gasteiger partial charge on any atom is 0.136 e. The molecule has 4 heteroatoms. The van der Waals surface area contributed by atoms with Gasteiger partial charge in [0.1, 0.15) is 4.32 Å². The van der Waals surface area contributed by atoms with Crippen molar-refractivity contribution in [2.24, 2.45) is 0 Å². The van der Waals surface area contributed by atoms with Crippen LogP contribution in [0.25, 0.3) is 0 Å². The first-order chi connectivity index (χ1) is 8.29. The summed E-state index contributed by atoms with van der Waals surface area (Å²) in [5.74, 6) is 0.852. The highest BCUT2D eigenvalue weighted by atomic mass is 32.2. The Kier molecular flexibility index (Phi) is 4.41. The molecule has 1 fully saturated rings. The molecule has 0 bridgehead atoms. The van der Waals surface area contributed by atoms with Gasteiger partial charge in [-0.25, -0.2) is 0 Å². The zero-order chi connectivity index (χ0) is 12.1. The molecule has 1 saturated heterocycles. The first-order valence-electron chi connectivity index (χ1n) is 5.70. The summed E-state index contributed by atoms with van der Waals surface area (Å²) in [6, 6.07) is 9.88. The van der Waals surface area contributed by atoms with Crippen molar-refractivity contribution in [1.29, 1.82) is 5.26 Å². The molecule has 1 heterocycles. The molecule has 88 valence electrons. The fraction of sp³-hybridized carbons (Fsp3) is 0.385. The molecule has 0 unspecified atom stereocenters. The fourth-order valence-electron chi connectivity index (χ4n) is 1.87. The lowest BCUT2D eigenvalue weighted by atomic mass is 10.2.